The molecule has 1 N–H and O–H groups in total. The topological polar surface area (TPSA) is 29.1 Å². The Labute approximate surface area is 120 Å². The fourth-order valence-corrected chi connectivity index (χ4v) is 3.10. The van der Waals surface area contributed by atoms with Gasteiger partial charge in [0, 0.05) is 17.8 Å². The number of hydrogen-bond acceptors (Lipinski definition) is 1. The fraction of sp³-hybridized carbons (Fsp3) is 0.562. The van der Waals surface area contributed by atoms with Crippen LogP contribution in [0, 0.1) is 5.41 Å². The fourth-order valence-electron chi connectivity index (χ4n) is 2.63. The molecule has 0 radical (unpaired) electrons. The van der Waals surface area contributed by atoms with Crippen LogP contribution < -0.4 is 5.32 Å². The molecule has 0 heterocycles. The van der Waals surface area contributed by atoms with Crippen LogP contribution in [-0.4, -0.2) is 18.3 Å². The summed E-state index contributed by atoms with van der Waals surface area (Å²) in [5.41, 5.74) is 2.53. The molecule has 2 nitrogen and oxygen atoms in total. The third kappa shape index (κ3) is 2.79. The summed E-state index contributed by atoms with van der Waals surface area (Å²) in [5, 5.41) is 3.10. The minimum Gasteiger partial charge on any atom is -0.355 e. The third-order valence-corrected chi connectivity index (χ3v) is 5.16. The molecule has 3 heteroatoms. The van der Waals surface area contributed by atoms with E-state index in [4.69, 9.17) is 11.6 Å². The summed E-state index contributed by atoms with van der Waals surface area (Å²) in [4.78, 5) is 12.2. The Bertz CT molecular complexity index is 446. The quantitative estimate of drug-likeness (QED) is 0.794. The second-order valence-electron chi connectivity index (χ2n) is 5.51. The average Bonchev–Trinajstić information content (AvgIpc) is 2.42. The molecule has 1 amide bonds. The lowest BCUT2D eigenvalue weighted by atomic mass is 9.76. The second kappa shape index (κ2) is 5.96. The molecule has 0 spiro atoms. The van der Waals surface area contributed by atoms with Gasteiger partial charge in [-0.2, -0.15) is 0 Å². The van der Waals surface area contributed by atoms with Crippen molar-refractivity contribution in [2.75, 3.05) is 12.4 Å². The van der Waals surface area contributed by atoms with Crippen LogP contribution in [0.2, 0.25) is 0 Å². The minimum absolute atomic E-state index is 0.0398. The van der Waals surface area contributed by atoms with Crippen LogP contribution in [0.4, 0.5) is 0 Å². The molecule has 0 saturated carbocycles. The first kappa shape index (κ1) is 14.4. The summed E-state index contributed by atoms with van der Waals surface area (Å²) < 4.78 is 0. The smallest absolute Gasteiger partial charge is 0.227 e. The first-order chi connectivity index (χ1) is 9.15. The highest BCUT2D eigenvalue weighted by molar-refractivity contribution is 6.18. The monoisotopic (exact) mass is 279 g/mol. The normalized spacial score (nSPS) is 17.5. The van der Waals surface area contributed by atoms with Gasteiger partial charge in [0.2, 0.25) is 5.91 Å². The van der Waals surface area contributed by atoms with E-state index in [-0.39, 0.29) is 17.2 Å². The number of nitrogens with one attached hydrogen (secondary N) is 1. The summed E-state index contributed by atoms with van der Waals surface area (Å²) >= 11 is 6.07. The Morgan fingerprint density at radius 1 is 1.37 bits per heavy atom. The number of carbonyl (C=O) groups is 1. The van der Waals surface area contributed by atoms with Crippen molar-refractivity contribution in [1.29, 1.82) is 0 Å². The van der Waals surface area contributed by atoms with E-state index in [1.54, 1.807) is 0 Å². The van der Waals surface area contributed by atoms with Crippen LogP contribution in [-0.2, 0) is 11.2 Å². The van der Waals surface area contributed by atoms with Crippen molar-refractivity contribution in [2.45, 2.75) is 39.0 Å². The van der Waals surface area contributed by atoms with Crippen molar-refractivity contribution < 1.29 is 4.79 Å². The van der Waals surface area contributed by atoms with Gasteiger partial charge in [-0.3, -0.25) is 4.79 Å². The van der Waals surface area contributed by atoms with E-state index in [1.807, 2.05) is 12.1 Å². The molecule has 1 aromatic rings. The number of rotatable bonds is 6. The summed E-state index contributed by atoms with van der Waals surface area (Å²) in [6.45, 7) is 4.95. The number of carbonyl (C=O) groups excluding carboxylic acids is 1. The molecule has 0 aromatic heterocycles. The number of fused-ring (bicyclic) bond motifs is 1. The molecule has 1 atom stereocenters. The van der Waals surface area contributed by atoms with Gasteiger partial charge in [-0.05, 0) is 30.4 Å². The highest BCUT2D eigenvalue weighted by Gasteiger charge is 2.33. The van der Waals surface area contributed by atoms with Gasteiger partial charge in [-0.15, -0.1) is 11.6 Å². The summed E-state index contributed by atoms with van der Waals surface area (Å²) in [7, 11) is 0. The molecule has 19 heavy (non-hydrogen) atoms. The number of benzene rings is 1. The predicted molar refractivity (Wildman–Crippen MR) is 79.6 cm³/mol. The molecule has 1 unspecified atom stereocenters. The lowest BCUT2D eigenvalue weighted by Crippen LogP contribution is -2.42. The maximum atomic E-state index is 12.2. The zero-order chi connectivity index (χ0) is 13.9. The number of amides is 1. The van der Waals surface area contributed by atoms with E-state index in [9.17, 15) is 4.79 Å². The van der Waals surface area contributed by atoms with E-state index >= 15 is 0 Å². The molecule has 0 bridgehead atoms. The lowest BCUT2D eigenvalue weighted by molar-refractivity contribution is -0.123. The van der Waals surface area contributed by atoms with Crippen LogP contribution in [0.25, 0.3) is 0 Å². The van der Waals surface area contributed by atoms with Gasteiger partial charge in [-0.1, -0.05) is 38.1 Å². The van der Waals surface area contributed by atoms with Crippen LogP contribution in [0.15, 0.2) is 24.3 Å². The Hall–Kier alpha value is -1.02. The van der Waals surface area contributed by atoms with Gasteiger partial charge in [0.15, 0.2) is 0 Å². The van der Waals surface area contributed by atoms with Crippen molar-refractivity contribution in [1.82, 2.24) is 5.32 Å². The maximum Gasteiger partial charge on any atom is 0.227 e. The molecule has 0 saturated heterocycles. The zero-order valence-electron chi connectivity index (χ0n) is 11.7. The van der Waals surface area contributed by atoms with E-state index in [0.29, 0.717) is 12.4 Å². The lowest BCUT2D eigenvalue weighted by Gasteiger charge is -2.33. The van der Waals surface area contributed by atoms with Crippen molar-refractivity contribution in [2.24, 2.45) is 5.41 Å². The Balaban J connectivity index is 1.93. The SMILES string of the molecule is CCC(CC)(CCl)CNC(=O)C1Cc2ccccc21. The largest absolute Gasteiger partial charge is 0.355 e. The second-order valence-corrected chi connectivity index (χ2v) is 5.78. The van der Waals surface area contributed by atoms with Crippen LogP contribution in [0.5, 0.6) is 0 Å². The van der Waals surface area contributed by atoms with E-state index < -0.39 is 0 Å². The Morgan fingerprint density at radius 3 is 2.63 bits per heavy atom. The van der Waals surface area contributed by atoms with E-state index in [2.05, 4.69) is 31.3 Å². The minimum atomic E-state index is 0.0398. The summed E-state index contributed by atoms with van der Waals surface area (Å²) in [6.07, 6.45) is 2.86. The van der Waals surface area contributed by atoms with Crippen molar-refractivity contribution in [3.63, 3.8) is 0 Å². The molecule has 104 valence electrons. The van der Waals surface area contributed by atoms with Gasteiger partial charge >= 0.3 is 0 Å². The van der Waals surface area contributed by atoms with Gasteiger partial charge in [0.05, 0.1) is 5.92 Å². The van der Waals surface area contributed by atoms with Gasteiger partial charge < -0.3 is 5.32 Å². The average molecular weight is 280 g/mol. The van der Waals surface area contributed by atoms with E-state index in [1.165, 1.54) is 11.1 Å². The highest BCUT2D eigenvalue weighted by Crippen LogP contribution is 2.35. The van der Waals surface area contributed by atoms with E-state index in [0.717, 1.165) is 19.3 Å². The van der Waals surface area contributed by atoms with Crippen LogP contribution in [0.3, 0.4) is 0 Å². The van der Waals surface area contributed by atoms with Crippen LogP contribution >= 0.6 is 11.6 Å². The molecule has 1 aliphatic carbocycles. The Kier molecular flexibility index (Phi) is 4.51. The van der Waals surface area contributed by atoms with Gasteiger partial charge in [0.25, 0.3) is 0 Å². The molecule has 0 aliphatic heterocycles. The standard InChI is InChI=1S/C16H22ClNO/c1-3-16(4-2,10-17)11-18-15(19)14-9-12-7-5-6-8-13(12)14/h5-8,14H,3-4,9-11H2,1-2H3,(H,18,19). The first-order valence-corrected chi connectivity index (χ1v) is 7.60. The highest BCUT2D eigenvalue weighted by atomic mass is 35.5. The maximum absolute atomic E-state index is 12.2. The van der Waals surface area contributed by atoms with Gasteiger partial charge in [-0.25, -0.2) is 0 Å². The zero-order valence-corrected chi connectivity index (χ0v) is 12.5. The molecule has 0 fully saturated rings. The number of alkyl halides is 1. The third-order valence-electron chi connectivity index (χ3n) is 4.59. The summed E-state index contributed by atoms with van der Waals surface area (Å²) in [6, 6.07) is 8.18. The molecular weight excluding hydrogens is 258 g/mol. The molecular formula is C16H22ClNO. The molecule has 1 aliphatic rings. The van der Waals surface area contributed by atoms with Crippen molar-refractivity contribution >= 4 is 17.5 Å². The summed E-state index contributed by atoms with van der Waals surface area (Å²) in [5.74, 6) is 0.787. The van der Waals surface area contributed by atoms with Crippen molar-refractivity contribution in [3.8, 4) is 0 Å². The van der Waals surface area contributed by atoms with Crippen molar-refractivity contribution in [3.05, 3.63) is 35.4 Å². The predicted octanol–water partition coefficient (Wildman–Crippen LogP) is 3.49. The number of hydrogen-bond donors (Lipinski definition) is 1. The Morgan fingerprint density at radius 2 is 2.05 bits per heavy atom. The molecule has 2 rings (SSSR count). The first-order valence-electron chi connectivity index (χ1n) is 7.07. The van der Waals surface area contributed by atoms with Gasteiger partial charge in [0.1, 0.15) is 0 Å². The molecule has 1 aromatic carbocycles. The number of halogens is 1. The van der Waals surface area contributed by atoms with Crippen LogP contribution in [0.1, 0.15) is 43.7 Å².